The van der Waals surface area contributed by atoms with Crippen molar-refractivity contribution in [3.8, 4) is 11.3 Å². The summed E-state index contributed by atoms with van der Waals surface area (Å²) in [4.78, 5) is 27.0. The lowest BCUT2D eigenvalue weighted by Gasteiger charge is -2.30. The van der Waals surface area contributed by atoms with E-state index in [1.807, 2.05) is 47.4 Å². The number of rotatable bonds is 2. The lowest BCUT2D eigenvalue weighted by atomic mass is 10.0. The number of fused-ring (bicyclic) bond motifs is 4. The molecule has 2 aliphatic heterocycles. The molecule has 29 heavy (non-hydrogen) atoms. The monoisotopic (exact) mass is 388 g/mol. The van der Waals surface area contributed by atoms with Crippen LogP contribution in [-0.2, 0) is 4.74 Å². The molecule has 0 unspecified atom stereocenters. The molecular formula is C23H24N4O2. The van der Waals surface area contributed by atoms with Crippen LogP contribution in [0.3, 0.4) is 0 Å². The lowest BCUT2D eigenvalue weighted by Crippen LogP contribution is -2.44. The van der Waals surface area contributed by atoms with Crippen molar-refractivity contribution < 1.29 is 9.53 Å². The standard InChI is InChI=1S/C23H24N4O2/c1-26-11-16-12-27(13-18(26)15-29-14-16)23(28)20-9-22(17-5-4-8-24-10-17)25-21-7-3-2-6-19(20)21/h2-10,16,18H,11-15H2,1H3/t16-,18+/m1/s1. The van der Waals surface area contributed by atoms with Crippen molar-refractivity contribution in [3.63, 3.8) is 0 Å². The Morgan fingerprint density at radius 1 is 1.10 bits per heavy atom. The zero-order valence-corrected chi connectivity index (χ0v) is 16.5. The fraction of sp³-hybridized carbons (Fsp3) is 0.348. The van der Waals surface area contributed by atoms with Crippen LogP contribution in [0.5, 0.6) is 0 Å². The zero-order valence-electron chi connectivity index (χ0n) is 16.5. The third-order valence-corrected chi connectivity index (χ3v) is 5.93. The van der Waals surface area contributed by atoms with Crippen molar-refractivity contribution >= 4 is 16.8 Å². The maximum atomic E-state index is 13.7. The van der Waals surface area contributed by atoms with Crippen LogP contribution in [-0.4, -0.2) is 71.6 Å². The molecular weight excluding hydrogens is 364 g/mol. The Labute approximate surface area is 170 Å². The lowest BCUT2D eigenvalue weighted by molar-refractivity contribution is 0.0435. The molecule has 4 heterocycles. The number of hydrogen-bond acceptors (Lipinski definition) is 5. The average Bonchev–Trinajstić information content (AvgIpc) is 3.01. The quantitative estimate of drug-likeness (QED) is 0.676. The number of carbonyl (C=O) groups excluding carboxylic acids is 1. The Kier molecular flexibility index (Phi) is 4.73. The first-order chi connectivity index (χ1) is 14.2. The number of pyridine rings is 2. The summed E-state index contributed by atoms with van der Waals surface area (Å²) in [7, 11) is 2.13. The first kappa shape index (κ1) is 18.2. The molecule has 5 rings (SSSR count). The van der Waals surface area contributed by atoms with Crippen LogP contribution >= 0.6 is 0 Å². The molecule has 0 radical (unpaired) electrons. The Morgan fingerprint density at radius 3 is 2.86 bits per heavy atom. The molecule has 2 bridgehead atoms. The van der Waals surface area contributed by atoms with Crippen LogP contribution in [0.1, 0.15) is 10.4 Å². The summed E-state index contributed by atoms with van der Waals surface area (Å²) >= 11 is 0. The molecule has 2 fully saturated rings. The van der Waals surface area contributed by atoms with E-state index >= 15 is 0 Å². The first-order valence-corrected chi connectivity index (χ1v) is 10.1. The van der Waals surface area contributed by atoms with Gasteiger partial charge in [0.1, 0.15) is 0 Å². The molecule has 3 aromatic rings. The van der Waals surface area contributed by atoms with Gasteiger partial charge in [0.2, 0.25) is 0 Å². The minimum absolute atomic E-state index is 0.0703. The van der Waals surface area contributed by atoms with E-state index in [2.05, 4.69) is 16.9 Å². The highest BCUT2D eigenvalue weighted by molar-refractivity contribution is 6.07. The Morgan fingerprint density at radius 2 is 2.00 bits per heavy atom. The molecule has 6 heteroatoms. The van der Waals surface area contributed by atoms with Gasteiger partial charge in [-0.2, -0.15) is 0 Å². The third-order valence-electron chi connectivity index (χ3n) is 5.93. The van der Waals surface area contributed by atoms with Crippen molar-refractivity contribution in [2.24, 2.45) is 5.92 Å². The number of amides is 1. The molecule has 2 aliphatic rings. The van der Waals surface area contributed by atoms with Gasteiger partial charge >= 0.3 is 0 Å². The van der Waals surface area contributed by atoms with Gasteiger partial charge in [0, 0.05) is 48.9 Å². The third kappa shape index (κ3) is 3.50. The van der Waals surface area contributed by atoms with Gasteiger partial charge < -0.3 is 9.64 Å². The average molecular weight is 388 g/mol. The second-order valence-corrected chi connectivity index (χ2v) is 8.02. The van der Waals surface area contributed by atoms with E-state index in [1.165, 1.54) is 0 Å². The summed E-state index contributed by atoms with van der Waals surface area (Å²) in [5.74, 6) is 0.406. The van der Waals surface area contributed by atoms with E-state index in [4.69, 9.17) is 9.72 Å². The maximum Gasteiger partial charge on any atom is 0.254 e. The number of carbonyl (C=O) groups is 1. The number of nitrogens with zero attached hydrogens (tertiary/aromatic N) is 4. The van der Waals surface area contributed by atoms with Gasteiger partial charge in [0.05, 0.1) is 36.0 Å². The summed E-state index contributed by atoms with van der Waals surface area (Å²) in [6.45, 7) is 3.76. The van der Waals surface area contributed by atoms with Crippen molar-refractivity contribution in [2.75, 3.05) is 39.9 Å². The van der Waals surface area contributed by atoms with Gasteiger partial charge in [-0.15, -0.1) is 0 Å². The highest BCUT2D eigenvalue weighted by Gasteiger charge is 2.34. The molecule has 6 nitrogen and oxygen atoms in total. The maximum absolute atomic E-state index is 13.7. The van der Waals surface area contributed by atoms with E-state index in [0.29, 0.717) is 31.2 Å². The van der Waals surface area contributed by atoms with Crippen LogP contribution in [0.2, 0.25) is 0 Å². The number of benzene rings is 1. The molecule has 0 saturated carbocycles. The van der Waals surface area contributed by atoms with Crippen molar-refractivity contribution in [1.29, 1.82) is 0 Å². The van der Waals surface area contributed by atoms with Gasteiger partial charge in [0.15, 0.2) is 0 Å². The highest BCUT2D eigenvalue weighted by Crippen LogP contribution is 2.27. The molecule has 1 amide bonds. The molecule has 148 valence electrons. The first-order valence-electron chi connectivity index (χ1n) is 10.1. The summed E-state index contributed by atoms with van der Waals surface area (Å²) in [5.41, 5.74) is 3.22. The largest absolute Gasteiger partial charge is 0.379 e. The fourth-order valence-electron chi connectivity index (χ4n) is 4.40. The number of hydrogen-bond donors (Lipinski definition) is 0. The van der Waals surface area contributed by atoms with Gasteiger partial charge in [0.25, 0.3) is 5.91 Å². The van der Waals surface area contributed by atoms with Crippen LogP contribution in [0.4, 0.5) is 0 Å². The van der Waals surface area contributed by atoms with E-state index in [1.54, 1.807) is 12.4 Å². The normalized spacial score (nSPS) is 22.4. The minimum atomic E-state index is 0.0703. The molecule has 2 aromatic heterocycles. The summed E-state index contributed by atoms with van der Waals surface area (Å²) in [6.07, 6.45) is 3.53. The van der Waals surface area contributed by atoms with Gasteiger partial charge in [-0.1, -0.05) is 18.2 Å². The topological polar surface area (TPSA) is 58.6 Å². The predicted octanol–water partition coefficient (Wildman–Crippen LogP) is 2.70. The fourth-order valence-corrected chi connectivity index (χ4v) is 4.40. The highest BCUT2D eigenvalue weighted by atomic mass is 16.5. The molecule has 1 aromatic carbocycles. The van der Waals surface area contributed by atoms with Crippen LogP contribution in [0.25, 0.3) is 22.2 Å². The van der Waals surface area contributed by atoms with Crippen molar-refractivity contribution in [2.45, 2.75) is 6.04 Å². The second kappa shape index (κ2) is 7.54. The van der Waals surface area contributed by atoms with Crippen LogP contribution in [0.15, 0.2) is 54.9 Å². The Bertz CT molecular complexity index is 1040. The Hall–Kier alpha value is -2.83. The van der Waals surface area contributed by atoms with E-state index in [9.17, 15) is 4.79 Å². The van der Waals surface area contributed by atoms with Crippen LogP contribution < -0.4 is 0 Å². The second-order valence-electron chi connectivity index (χ2n) is 8.02. The van der Waals surface area contributed by atoms with Crippen molar-refractivity contribution in [3.05, 3.63) is 60.4 Å². The van der Waals surface area contributed by atoms with E-state index in [0.717, 1.165) is 35.2 Å². The molecule has 0 N–H and O–H groups in total. The SMILES string of the molecule is CN1C[C@H]2COC[C@@H]1CN(C(=O)c1cc(-c3cccnc3)nc3ccccc13)C2. The zero-order chi connectivity index (χ0) is 19.8. The van der Waals surface area contributed by atoms with Gasteiger partial charge in [-0.25, -0.2) is 4.98 Å². The molecule has 0 aliphatic carbocycles. The van der Waals surface area contributed by atoms with Crippen LogP contribution in [0, 0.1) is 5.92 Å². The molecule has 2 atom stereocenters. The number of aromatic nitrogens is 2. The predicted molar refractivity (Wildman–Crippen MR) is 112 cm³/mol. The number of para-hydroxylation sites is 1. The Balaban J connectivity index is 1.58. The van der Waals surface area contributed by atoms with E-state index in [-0.39, 0.29) is 11.9 Å². The molecule has 2 saturated heterocycles. The van der Waals surface area contributed by atoms with Gasteiger partial charge in [-0.3, -0.25) is 14.7 Å². The summed E-state index contributed by atoms with van der Waals surface area (Å²) < 4.78 is 5.82. The number of ether oxygens (including phenoxy) is 1. The smallest absolute Gasteiger partial charge is 0.254 e. The number of likely N-dealkylation sites (N-methyl/N-ethyl adjacent to an activating group) is 1. The van der Waals surface area contributed by atoms with Crippen molar-refractivity contribution in [1.82, 2.24) is 19.8 Å². The van der Waals surface area contributed by atoms with E-state index < -0.39 is 0 Å². The van der Waals surface area contributed by atoms with Gasteiger partial charge in [-0.05, 0) is 31.3 Å². The summed E-state index contributed by atoms with van der Waals surface area (Å²) in [6, 6.07) is 13.9. The summed E-state index contributed by atoms with van der Waals surface area (Å²) in [5, 5.41) is 0.893. The minimum Gasteiger partial charge on any atom is -0.379 e. The molecule has 0 spiro atoms.